The largest absolute Gasteiger partial charge is 0.497 e. The van der Waals surface area contributed by atoms with Crippen LogP contribution in [0.3, 0.4) is 0 Å². The van der Waals surface area contributed by atoms with Gasteiger partial charge in [0.1, 0.15) is 12.3 Å². The Morgan fingerprint density at radius 1 is 0.816 bits per heavy atom. The number of rotatable bonds is 11. The first-order valence-corrected chi connectivity index (χ1v) is 12.9. The zero-order valence-electron chi connectivity index (χ0n) is 22.3. The second kappa shape index (κ2) is 12.8. The Labute approximate surface area is 225 Å². The van der Waals surface area contributed by atoms with E-state index in [-0.39, 0.29) is 24.4 Å². The highest BCUT2D eigenvalue weighted by Crippen LogP contribution is 2.18. The van der Waals surface area contributed by atoms with Crippen molar-refractivity contribution < 1.29 is 14.3 Å². The quantitative estimate of drug-likeness (QED) is 0.264. The van der Waals surface area contributed by atoms with Crippen LogP contribution in [0.5, 0.6) is 5.75 Å². The van der Waals surface area contributed by atoms with Crippen LogP contribution < -0.4 is 4.74 Å². The maximum Gasteiger partial charge on any atom is 0.254 e. The van der Waals surface area contributed by atoms with Crippen molar-refractivity contribution in [3.63, 3.8) is 0 Å². The van der Waals surface area contributed by atoms with Crippen molar-refractivity contribution in [2.75, 3.05) is 13.7 Å². The molecular weight excluding hydrogens is 474 g/mol. The predicted octanol–water partition coefficient (Wildman–Crippen LogP) is 5.62. The molecule has 2 amide bonds. The highest BCUT2D eigenvalue weighted by Gasteiger charge is 2.25. The fourth-order valence-corrected chi connectivity index (χ4v) is 4.42. The van der Waals surface area contributed by atoms with E-state index in [0.29, 0.717) is 24.4 Å². The number of amides is 2. The molecule has 6 heteroatoms. The SMILES string of the molecule is COc1cccc(C(=O)N(CC(=O)N(Cc2ccccc2)Cc2cccn2Cc2ccccc2)C(C)C)c1. The van der Waals surface area contributed by atoms with Crippen LogP contribution in [0.4, 0.5) is 0 Å². The van der Waals surface area contributed by atoms with Gasteiger partial charge >= 0.3 is 0 Å². The molecule has 0 saturated carbocycles. The van der Waals surface area contributed by atoms with Gasteiger partial charge in [0.2, 0.25) is 5.91 Å². The Balaban J connectivity index is 1.57. The number of benzene rings is 3. The lowest BCUT2D eigenvalue weighted by molar-refractivity contribution is -0.133. The van der Waals surface area contributed by atoms with Crippen molar-refractivity contribution >= 4 is 11.8 Å². The summed E-state index contributed by atoms with van der Waals surface area (Å²) in [6.45, 7) is 5.46. The van der Waals surface area contributed by atoms with Crippen LogP contribution in [0.2, 0.25) is 0 Å². The van der Waals surface area contributed by atoms with Gasteiger partial charge in [-0.25, -0.2) is 0 Å². The summed E-state index contributed by atoms with van der Waals surface area (Å²) in [5.41, 5.74) is 3.77. The fraction of sp³-hybridized carbons (Fsp3) is 0.250. The van der Waals surface area contributed by atoms with Crippen molar-refractivity contribution in [3.05, 3.63) is 126 Å². The van der Waals surface area contributed by atoms with Gasteiger partial charge in [-0.05, 0) is 55.3 Å². The molecule has 4 rings (SSSR count). The lowest BCUT2D eigenvalue weighted by Crippen LogP contribution is -2.45. The van der Waals surface area contributed by atoms with Gasteiger partial charge in [0, 0.05) is 36.6 Å². The van der Waals surface area contributed by atoms with E-state index in [1.54, 1.807) is 36.3 Å². The Morgan fingerprint density at radius 2 is 1.50 bits per heavy atom. The first-order valence-electron chi connectivity index (χ1n) is 12.9. The molecule has 0 radical (unpaired) electrons. The Kier molecular flexibility index (Phi) is 8.98. The van der Waals surface area contributed by atoms with E-state index in [0.717, 1.165) is 17.8 Å². The molecule has 0 aliphatic rings. The summed E-state index contributed by atoms with van der Waals surface area (Å²) in [5.74, 6) is 0.307. The summed E-state index contributed by atoms with van der Waals surface area (Å²) in [6.07, 6.45) is 2.04. The van der Waals surface area contributed by atoms with E-state index in [9.17, 15) is 9.59 Å². The van der Waals surface area contributed by atoms with Crippen molar-refractivity contribution in [3.8, 4) is 5.75 Å². The third kappa shape index (κ3) is 6.91. The maximum atomic E-state index is 13.8. The Hall–Kier alpha value is -4.32. The molecule has 0 bridgehead atoms. The van der Waals surface area contributed by atoms with Crippen LogP contribution in [0.15, 0.2) is 103 Å². The summed E-state index contributed by atoms with van der Waals surface area (Å²) >= 11 is 0. The molecule has 0 fully saturated rings. The minimum atomic E-state index is -0.195. The first kappa shape index (κ1) is 26.7. The molecule has 4 aromatic rings. The molecule has 0 atom stereocenters. The van der Waals surface area contributed by atoms with Gasteiger partial charge in [0.05, 0.1) is 13.7 Å². The molecule has 38 heavy (non-hydrogen) atoms. The van der Waals surface area contributed by atoms with E-state index < -0.39 is 0 Å². The first-order chi connectivity index (χ1) is 18.4. The van der Waals surface area contributed by atoms with Crippen molar-refractivity contribution in [2.45, 2.75) is 39.5 Å². The van der Waals surface area contributed by atoms with Gasteiger partial charge in [-0.15, -0.1) is 0 Å². The average molecular weight is 510 g/mol. The van der Waals surface area contributed by atoms with Gasteiger partial charge < -0.3 is 19.1 Å². The Bertz CT molecular complexity index is 1330. The number of ether oxygens (including phenoxy) is 1. The molecule has 0 unspecified atom stereocenters. The lowest BCUT2D eigenvalue weighted by Gasteiger charge is -2.30. The summed E-state index contributed by atoms with van der Waals surface area (Å²) < 4.78 is 7.46. The minimum absolute atomic E-state index is 0.0140. The summed E-state index contributed by atoms with van der Waals surface area (Å²) in [7, 11) is 1.57. The van der Waals surface area contributed by atoms with E-state index in [2.05, 4.69) is 22.8 Å². The van der Waals surface area contributed by atoms with Gasteiger partial charge in [-0.3, -0.25) is 9.59 Å². The number of carbonyl (C=O) groups is 2. The van der Waals surface area contributed by atoms with Crippen LogP contribution in [-0.4, -0.2) is 45.9 Å². The van der Waals surface area contributed by atoms with E-state index in [1.165, 1.54) is 5.56 Å². The van der Waals surface area contributed by atoms with E-state index in [1.807, 2.05) is 79.5 Å². The molecule has 3 aromatic carbocycles. The Morgan fingerprint density at radius 3 is 2.16 bits per heavy atom. The molecule has 0 N–H and O–H groups in total. The third-order valence-corrected chi connectivity index (χ3v) is 6.55. The van der Waals surface area contributed by atoms with Crippen LogP contribution in [0, 0.1) is 0 Å². The van der Waals surface area contributed by atoms with Crippen LogP contribution in [0.1, 0.15) is 41.0 Å². The lowest BCUT2D eigenvalue weighted by atomic mass is 10.1. The molecule has 0 saturated heterocycles. The van der Waals surface area contributed by atoms with E-state index >= 15 is 0 Å². The summed E-state index contributed by atoms with van der Waals surface area (Å²) in [5, 5.41) is 0. The number of carbonyl (C=O) groups excluding carboxylic acids is 2. The standard InChI is InChI=1S/C32H35N3O3/c1-25(2)35(32(37)28-16-10-18-30(20-28)38-3)24-31(36)34(22-27-14-8-5-9-15-27)23-29-17-11-19-33(29)21-26-12-6-4-7-13-26/h4-20,25H,21-24H2,1-3H3. The van der Waals surface area contributed by atoms with Crippen LogP contribution in [-0.2, 0) is 24.4 Å². The van der Waals surface area contributed by atoms with Gasteiger partial charge in [0.25, 0.3) is 5.91 Å². The third-order valence-electron chi connectivity index (χ3n) is 6.55. The summed E-state index contributed by atoms with van der Waals surface area (Å²) in [6, 6.07) is 31.2. The predicted molar refractivity (Wildman–Crippen MR) is 150 cm³/mol. The van der Waals surface area contributed by atoms with Crippen LogP contribution in [0.25, 0.3) is 0 Å². The minimum Gasteiger partial charge on any atom is -0.497 e. The topological polar surface area (TPSA) is 54.8 Å². The zero-order valence-corrected chi connectivity index (χ0v) is 22.3. The number of nitrogens with zero attached hydrogens (tertiary/aromatic N) is 3. The fourth-order valence-electron chi connectivity index (χ4n) is 4.42. The van der Waals surface area contributed by atoms with Gasteiger partial charge in [-0.1, -0.05) is 66.7 Å². The van der Waals surface area contributed by atoms with Gasteiger partial charge in [-0.2, -0.15) is 0 Å². The van der Waals surface area contributed by atoms with Crippen molar-refractivity contribution in [1.82, 2.24) is 14.4 Å². The van der Waals surface area contributed by atoms with Crippen molar-refractivity contribution in [1.29, 1.82) is 0 Å². The molecule has 0 aliphatic heterocycles. The molecule has 0 aliphatic carbocycles. The number of hydrogen-bond donors (Lipinski definition) is 0. The average Bonchev–Trinajstić information content (AvgIpc) is 3.38. The highest BCUT2D eigenvalue weighted by molar-refractivity contribution is 5.97. The maximum absolute atomic E-state index is 13.8. The molecule has 1 aromatic heterocycles. The van der Waals surface area contributed by atoms with E-state index in [4.69, 9.17) is 4.74 Å². The molecular formula is C32H35N3O3. The second-order valence-electron chi connectivity index (χ2n) is 9.61. The monoisotopic (exact) mass is 509 g/mol. The van der Waals surface area contributed by atoms with Crippen molar-refractivity contribution in [2.24, 2.45) is 0 Å². The summed E-state index contributed by atoms with van der Waals surface area (Å²) in [4.78, 5) is 30.7. The highest BCUT2D eigenvalue weighted by atomic mass is 16.5. The smallest absolute Gasteiger partial charge is 0.254 e. The van der Waals surface area contributed by atoms with Gasteiger partial charge in [0.15, 0.2) is 0 Å². The second-order valence-corrected chi connectivity index (χ2v) is 9.61. The molecule has 1 heterocycles. The van der Waals surface area contributed by atoms with Crippen LogP contribution >= 0.6 is 0 Å². The zero-order chi connectivity index (χ0) is 26.9. The molecule has 6 nitrogen and oxygen atoms in total. The normalized spacial score (nSPS) is 10.8. The number of aromatic nitrogens is 1. The number of methoxy groups -OCH3 is 1. The molecule has 0 spiro atoms. The molecule has 196 valence electrons. The number of hydrogen-bond acceptors (Lipinski definition) is 3.